The molecule has 1 aromatic heterocycles. The Balaban J connectivity index is 2.21. The molecule has 2 amide bonds. The number of urea groups is 1. The lowest BCUT2D eigenvalue weighted by Gasteiger charge is -2.15. The van der Waals surface area contributed by atoms with Crippen molar-refractivity contribution in [1.82, 2.24) is 10.6 Å². The summed E-state index contributed by atoms with van der Waals surface area (Å²) in [5, 5.41) is 19.1. The van der Waals surface area contributed by atoms with Crippen LogP contribution >= 0.6 is 11.3 Å². The number of carbonyl (C=O) groups excluding carboxylic acids is 1. The van der Waals surface area contributed by atoms with E-state index in [2.05, 4.69) is 24.5 Å². The first kappa shape index (κ1) is 15.0. The van der Waals surface area contributed by atoms with Gasteiger partial charge in [-0.15, -0.1) is 0 Å². The summed E-state index contributed by atoms with van der Waals surface area (Å²) in [6, 6.07) is 1.65. The summed E-state index contributed by atoms with van der Waals surface area (Å²) in [5.74, 6) is 0.526. The molecule has 18 heavy (non-hydrogen) atoms. The Bertz CT molecular complexity index is 337. The Kier molecular flexibility index (Phi) is 6.75. The van der Waals surface area contributed by atoms with Gasteiger partial charge in [0.05, 0.1) is 6.10 Å². The average molecular weight is 270 g/mol. The number of thiophene rings is 1. The van der Waals surface area contributed by atoms with Crippen LogP contribution in [0.3, 0.4) is 0 Å². The van der Waals surface area contributed by atoms with Gasteiger partial charge in [0.1, 0.15) is 0 Å². The molecule has 0 aliphatic rings. The van der Waals surface area contributed by atoms with Crippen molar-refractivity contribution in [3.8, 4) is 0 Å². The summed E-state index contributed by atoms with van der Waals surface area (Å²) in [6.45, 7) is 5.17. The van der Waals surface area contributed by atoms with E-state index in [9.17, 15) is 9.90 Å². The molecule has 0 saturated carbocycles. The third kappa shape index (κ3) is 5.06. The Morgan fingerprint density at radius 2 is 2.00 bits per heavy atom. The quantitative estimate of drug-likeness (QED) is 0.713. The second-order valence-electron chi connectivity index (χ2n) is 4.35. The van der Waals surface area contributed by atoms with Crippen molar-refractivity contribution in [3.05, 3.63) is 22.4 Å². The van der Waals surface area contributed by atoms with Gasteiger partial charge in [0.15, 0.2) is 0 Å². The van der Waals surface area contributed by atoms with Gasteiger partial charge in [-0.1, -0.05) is 26.7 Å². The fourth-order valence-electron chi connectivity index (χ4n) is 1.65. The topological polar surface area (TPSA) is 61.4 Å². The van der Waals surface area contributed by atoms with Crippen molar-refractivity contribution in [2.75, 3.05) is 13.1 Å². The normalized spacial score (nSPS) is 12.4. The molecule has 0 bridgehead atoms. The highest BCUT2D eigenvalue weighted by molar-refractivity contribution is 7.07. The molecule has 3 N–H and O–H groups in total. The van der Waals surface area contributed by atoms with E-state index >= 15 is 0 Å². The lowest BCUT2D eigenvalue weighted by atomic mass is 10.0. The van der Waals surface area contributed by atoms with Crippen LogP contribution in [0.25, 0.3) is 0 Å². The van der Waals surface area contributed by atoms with Gasteiger partial charge in [0.2, 0.25) is 0 Å². The SMILES string of the molecule is CCC(CC)CNC(=O)NCC(O)c1ccsc1. The Morgan fingerprint density at radius 1 is 1.33 bits per heavy atom. The van der Waals surface area contributed by atoms with E-state index in [0.29, 0.717) is 12.5 Å². The number of nitrogens with one attached hydrogen (secondary N) is 2. The summed E-state index contributed by atoms with van der Waals surface area (Å²) >= 11 is 1.53. The van der Waals surface area contributed by atoms with Crippen LogP contribution in [0.15, 0.2) is 16.8 Å². The third-order valence-corrected chi connectivity index (χ3v) is 3.79. The molecule has 0 spiro atoms. The van der Waals surface area contributed by atoms with Gasteiger partial charge < -0.3 is 15.7 Å². The van der Waals surface area contributed by atoms with Crippen LogP contribution in [0.5, 0.6) is 0 Å². The molecule has 5 heteroatoms. The molecule has 0 fully saturated rings. The zero-order chi connectivity index (χ0) is 13.4. The maximum absolute atomic E-state index is 11.5. The van der Waals surface area contributed by atoms with Gasteiger partial charge >= 0.3 is 6.03 Å². The molecule has 1 rings (SSSR count). The predicted molar refractivity (Wildman–Crippen MR) is 74.8 cm³/mol. The number of hydrogen-bond donors (Lipinski definition) is 3. The lowest BCUT2D eigenvalue weighted by Crippen LogP contribution is -2.39. The zero-order valence-corrected chi connectivity index (χ0v) is 11.8. The molecule has 0 aromatic carbocycles. The molecule has 1 heterocycles. The van der Waals surface area contributed by atoms with Crippen molar-refractivity contribution in [2.24, 2.45) is 5.92 Å². The van der Waals surface area contributed by atoms with Crippen molar-refractivity contribution < 1.29 is 9.90 Å². The summed E-state index contributed by atoms with van der Waals surface area (Å²) in [5.41, 5.74) is 0.847. The predicted octanol–water partition coefficient (Wildman–Crippen LogP) is 2.52. The first-order valence-electron chi connectivity index (χ1n) is 6.39. The van der Waals surface area contributed by atoms with E-state index < -0.39 is 6.10 Å². The van der Waals surface area contributed by atoms with Gasteiger partial charge in [-0.2, -0.15) is 11.3 Å². The summed E-state index contributed by atoms with van der Waals surface area (Å²) in [4.78, 5) is 11.5. The van der Waals surface area contributed by atoms with E-state index in [-0.39, 0.29) is 12.6 Å². The Hall–Kier alpha value is -1.07. The Morgan fingerprint density at radius 3 is 2.56 bits per heavy atom. The van der Waals surface area contributed by atoms with Crippen molar-refractivity contribution in [3.63, 3.8) is 0 Å². The monoisotopic (exact) mass is 270 g/mol. The van der Waals surface area contributed by atoms with Gasteiger partial charge in [-0.05, 0) is 28.3 Å². The van der Waals surface area contributed by atoms with Crippen LogP contribution in [-0.2, 0) is 0 Å². The molecule has 4 nitrogen and oxygen atoms in total. The van der Waals surface area contributed by atoms with Crippen LogP contribution in [0.2, 0.25) is 0 Å². The smallest absolute Gasteiger partial charge is 0.314 e. The molecular formula is C13H22N2O2S. The standard InChI is InChI=1S/C13H22N2O2S/c1-3-10(4-2)7-14-13(17)15-8-12(16)11-5-6-18-9-11/h5-6,9-10,12,16H,3-4,7-8H2,1-2H3,(H2,14,15,17). The average Bonchev–Trinajstić information content (AvgIpc) is 2.91. The number of amides is 2. The minimum atomic E-state index is -0.629. The number of hydrogen-bond acceptors (Lipinski definition) is 3. The second kappa shape index (κ2) is 8.11. The van der Waals surface area contributed by atoms with Crippen molar-refractivity contribution in [2.45, 2.75) is 32.8 Å². The molecule has 0 saturated heterocycles. The maximum Gasteiger partial charge on any atom is 0.314 e. The van der Waals surface area contributed by atoms with Crippen LogP contribution in [0.1, 0.15) is 38.4 Å². The molecule has 102 valence electrons. The summed E-state index contributed by atoms with van der Waals surface area (Å²) in [6.07, 6.45) is 1.50. The van der Waals surface area contributed by atoms with Gasteiger partial charge in [-0.3, -0.25) is 0 Å². The summed E-state index contributed by atoms with van der Waals surface area (Å²) in [7, 11) is 0. The second-order valence-corrected chi connectivity index (χ2v) is 5.13. The fraction of sp³-hybridized carbons (Fsp3) is 0.615. The van der Waals surface area contributed by atoms with Crippen molar-refractivity contribution >= 4 is 17.4 Å². The van der Waals surface area contributed by atoms with Gasteiger partial charge in [-0.25, -0.2) is 4.79 Å². The first-order valence-corrected chi connectivity index (χ1v) is 7.33. The minimum absolute atomic E-state index is 0.212. The lowest BCUT2D eigenvalue weighted by molar-refractivity contribution is 0.173. The van der Waals surface area contributed by atoms with Crippen molar-refractivity contribution in [1.29, 1.82) is 0 Å². The van der Waals surface area contributed by atoms with E-state index in [4.69, 9.17) is 0 Å². The number of carbonyl (C=O) groups is 1. The number of rotatable bonds is 7. The molecule has 0 aliphatic carbocycles. The molecular weight excluding hydrogens is 248 g/mol. The molecule has 1 unspecified atom stereocenters. The third-order valence-electron chi connectivity index (χ3n) is 3.09. The van der Waals surface area contributed by atoms with E-state index in [1.54, 1.807) is 0 Å². The number of aliphatic hydroxyl groups excluding tert-OH is 1. The van der Waals surface area contributed by atoms with Gasteiger partial charge in [0.25, 0.3) is 0 Å². The van der Waals surface area contributed by atoms with E-state index in [1.807, 2.05) is 16.8 Å². The van der Waals surface area contributed by atoms with Crippen LogP contribution in [-0.4, -0.2) is 24.2 Å². The van der Waals surface area contributed by atoms with Gasteiger partial charge in [0, 0.05) is 13.1 Å². The highest BCUT2D eigenvalue weighted by Crippen LogP contribution is 2.14. The minimum Gasteiger partial charge on any atom is -0.387 e. The van der Waals surface area contributed by atoms with E-state index in [1.165, 1.54) is 11.3 Å². The van der Waals surface area contributed by atoms with Crippen LogP contribution < -0.4 is 10.6 Å². The molecule has 0 aliphatic heterocycles. The molecule has 0 radical (unpaired) electrons. The zero-order valence-electron chi connectivity index (χ0n) is 11.0. The van der Waals surface area contributed by atoms with Crippen LogP contribution in [0, 0.1) is 5.92 Å². The van der Waals surface area contributed by atoms with Crippen LogP contribution in [0.4, 0.5) is 4.79 Å². The Labute approximate surface area is 112 Å². The number of aliphatic hydroxyl groups is 1. The molecule has 1 atom stereocenters. The highest BCUT2D eigenvalue weighted by atomic mass is 32.1. The maximum atomic E-state index is 11.5. The molecule has 1 aromatic rings. The largest absolute Gasteiger partial charge is 0.387 e. The summed E-state index contributed by atoms with van der Waals surface area (Å²) < 4.78 is 0. The fourth-order valence-corrected chi connectivity index (χ4v) is 2.36. The first-order chi connectivity index (χ1) is 8.67. The highest BCUT2D eigenvalue weighted by Gasteiger charge is 2.10. The van der Waals surface area contributed by atoms with E-state index in [0.717, 1.165) is 18.4 Å².